The van der Waals surface area contributed by atoms with E-state index in [0.717, 1.165) is 0 Å². The van der Waals surface area contributed by atoms with Gasteiger partial charge in [-0.2, -0.15) is 0 Å². The first-order valence-corrected chi connectivity index (χ1v) is 6.22. The molecule has 0 unspecified atom stereocenters. The van der Waals surface area contributed by atoms with Crippen LogP contribution in [-0.2, 0) is 14.3 Å². The molecule has 1 rings (SSSR count). The highest BCUT2D eigenvalue weighted by atomic mass is 16.5. The summed E-state index contributed by atoms with van der Waals surface area (Å²) in [7, 11) is 4.65. The summed E-state index contributed by atoms with van der Waals surface area (Å²) in [6, 6.07) is 6.40. The van der Waals surface area contributed by atoms with Crippen molar-refractivity contribution in [1.29, 1.82) is 0 Å². The fourth-order valence-corrected chi connectivity index (χ4v) is 1.35. The standard InChI is InChI=1S/C14H18N2O5/c1-16(2)13(18)8-15-12(17)9-21-14(19)10-5-4-6-11(7-10)20-3/h4-7H,8-9H2,1-3H3,(H,15,17). The molecule has 7 heteroatoms. The molecule has 0 saturated carbocycles. The van der Waals surface area contributed by atoms with Gasteiger partial charge in [-0.25, -0.2) is 4.79 Å². The smallest absolute Gasteiger partial charge is 0.338 e. The van der Waals surface area contributed by atoms with Crippen molar-refractivity contribution in [2.75, 3.05) is 34.4 Å². The molecular weight excluding hydrogens is 276 g/mol. The largest absolute Gasteiger partial charge is 0.497 e. The SMILES string of the molecule is COc1cccc(C(=O)OCC(=O)NCC(=O)N(C)C)c1. The van der Waals surface area contributed by atoms with E-state index in [9.17, 15) is 14.4 Å². The van der Waals surface area contributed by atoms with Gasteiger partial charge in [0.15, 0.2) is 6.61 Å². The molecule has 1 aromatic rings. The fraction of sp³-hybridized carbons (Fsp3) is 0.357. The number of benzene rings is 1. The summed E-state index contributed by atoms with van der Waals surface area (Å²) in [5, 5.41) is 2.36. The third-order valence-electron chi connectivity index (χ3n) is 2.58. The number of likely N-dealkylation sites (N-methyl/N-ethyl adjacent to an activating group) is 1. The van der Waals surface area contributed by atoms with Gasteiger partial charge in [-0.3, -0.25) is 9.59 Å². The predicted molar refractivity (Wildman–Crippen MR) is 75.0 cm³/mol. The number of ether oxygens (including phenoxy) is 2. The van der Waals surface area contributed by atoms with Crippen LogP contribution < -0.4 is 10.1 Å². The molecule has 0 radical (unpaired) electrons. The predicted octanol–water partition coefficient (Wildman–Crippen LogP) is 0.0564. The minimum atomic E-state index is -0.636. The lowest BCUT2D eigenvalue weighted by molar-refractivity contribution is -0.131. The Bertz CT molecular complexity index is 528. The summed E-state index contributed by atoms with van der Waals surface area (Å²) < 4.78 is 9.84. The summed E-state index contributed by atoms with van der Waals surface area (Å²) in [6.07, 6.45) is 0. The van der Waals surface area contributed by atoms with E-state index in [0.29, 0.717) is 5.75 Å². The summed E-state index contributed by atoms with van der Waals surface area (Å²) in [5.41, 5.74) is 0.284. The third-order valence-corrected chi connectivity index (χ3v) is 2.58. The van der Waals surface area contributed by atoms with E-state index in [1.54, 1.807) is 32.3 Å². The number of hydrogen-bond donors (Lipinski definition) is 1. The molecule has 0 spiro atoms. The van der Waals surface area contributed by atoms with Crippen molar-refractivity contribution in [3.8, 4) is 5.75 Å². The van der Waals surface area contributed by atoms with Crippen molar-refractivity contribution in [1.82, 2.24) is 10.2 Å². The van der Waals surface area contributed by atoms with E-state index < -0.39 is 18.5 Å². The van der Waals surface area contributed by atoms with Crippen LogP contribution in [0, 0.1) is 0 Å². The van der Waals surface area contributed by atoms with Crippen molar-refractivity contribution in [3.63, 3.8) is 0 Å². The van der Waals surface area contributed by atoms with Crippen molar-refractivity contribution < 1.29 is 23.9 Å². The minimum absolute atomic E-state index is 0.136. The number of hydrogen-bond acceptors (Lipinski definition) is 5. The van der Waals surface area contributed by atoms with E-state index in [2.05, 4.69) is 5.32 Å². The Morgan fingerprint density at radius 1 is 1.24 bits per heavy atom. The Balaban J connectivity index is 2.42. The number of nitrogens with zero attached hydrogens (tertiary/aromatic N) is 1. The quantitative estimate of drug-likeness (QED) is 0.750. The van der Waals surface area contributed by atoms with Crippen LogP contribution in [0.2, 0.25) is 0 Å². The minimum Gasteiger partial charge on any atom is -0.497 e. The van der Waals surface area contributed by atoms with E-state index in [1.807, 2.05) is 0 Å². The van der Waals surface area contributed by atoms with Crippen LogP contribution in [0.3, 0.4) is 0 Å². The van der Waals surface area contributed by atoms with Crippen molar-refractivity contribution >= 4 is 17.8 Å². The lowest BCUT2D eigenvalue weighted by atomic mass is 10.2. The molecule has 0 aliphatic rings. The van der Waals surface area contributed by atoms with Gasteiger partial charge in [0.2, 0.25) is 5.91 Å². The monoisotopic (exact) mass is 294 g/mol. The Morgan fingerprint density at radius 2 is 1.95 bits per heavy atom. The third kappa shape index (κ3) is 5.52. The first kappa shape index (κ1) is 16.5. The van der Waals surface area contributed by atoms with Gasteiger partial charge >= 0.3 is 5.97 Å². The molecule has 2 amide bonds. The lowest BCUT2D eigenvalue weighted by Gasteiger charge is -2.11. The Kier molecular flexibility index (Phi) is 6.19. The van der Waals surface area contributed by atoms with E-state index in [4.69, 9.17) is 9.47 Å². The van der Waals surface area contributed by atoms with E-state index in [-0.39, 0.29) is 18.0 Å². The second-order valence-electron chi connectivity index (χ2n) is 4.37. The van der Waals surface area contributed by atoms with Gasteiger partial charge in [-0.1, -0.05) is 6.07 Å². The molecule has 114 valence electrons. The van der Waals surface area contributed by atoms with Crippen LogP contribution in [0.5, 0.6) is 5.75 Å². The number of carbonyl (C=O) groups is 3. The van der Waals surface area contributed by atoms with Gasteiger partial charge in [0.05, 0.1) is 19.2 Å². The van der Waals surface area contributed by atoms with Gasteiger partial charge < -0.3 is 19.7 Å². The number of nitrogens with one attached hydrogen (secondary N) is 1. The molecule has 0 aromatic heterocycles. The van der Waals surface area contributed by atoms with Gasteiger partial charge in [0, 0.05) is 14.1 Å². The Hall–Kier alpha value is -2.57. The van der Waals surface area contributed by atoms with Gasteiger partial charge in [-0.15, -0.1) is 0 Å². The maximum Gasteiger partial charge on any atom is 0.338 e. The average Bonchev–Trinajstić information content (AvgIpc) is 2.49. The maximum atomic E-state index is 11.7. The number of rotatable bonds is 6. The Morgan fingerprint density at radius 3 is 2.57 bits per heavy atom. The molecule has 7 nitrogen and oxygen atoms in total. The van der Waals surface area contributed by atoms with Crippen molar-refractivity contribution in [3.05, 3.63) is 29.8 Å². The molecule has 0 aliphatic carbocycles. The van der Waals surface area contributed by atoms with Crippen molar-refractivity contribution in [2.24, 2.45) is 0 Å². The van der Waals surface area contributed by atoms with Crippen LogP contribution in [0.4, 0.5) is 0 Å². The van der Waals surface area contributed by atoms with Gasteiger partial charge in [0.1, 0.15) is 5.75 Å². The first-order chi connectivity index (χ1) is 9.93. The van der Waals surface area contributed by atoms with E-state index in [1.165, 1.54) is 18.1 Å². The summed E-state index contributed by atoms with van der Waals surface area (Å²) in [6.45, 7) is -0.584. The Labute approximate surface area is 122 Å². The highest BCUT2D eigenvalue weighted by Gasteiger charge is 2.12. The van der Waals surface area contributed by atoms with Crippen molar-refractivity contribution in [2.45, 2.75) is 0 Å². The zero-order valence-electron chi connectivity index (χ0n) is 12.2. The van der Waals surface area contributed by atoms with Gasteiger partial charge in [0.25, 0.3) is 5.91 Å². The highest BCUT2D eigenvalue weighted by Crippen LogP contribution is 2.13. The number of amides is 2. The second kappa shape index (κ2) is 7.88. The number of methoxy groups -OCH3 is 1. The lowest BCUT2D eigenvalue weighted by Crippen LogP contribution is -2.38. The molecule has 21 heavy (non-hydrogen) atoms. The fourth-order valence-electron chi connectivity index (χ4n) is 1.35. The van der Waals surface area contributed by atoms with Gasteiger partial charge in [-0.05, 0) is 18.2 Å². The molecule has 0 saturated heterocycles. The zero-order valence-corrected chi connectivity index (χ0v) is 12.2. The summed E-state index contributed by atoms with van der Waals surface area (Å²) >= 11 is 0. The molecule has 0 heterocycles. The summed E-state index contributed by atoms with van der Waals surface area (Å²) in [4.78, 5) is 35.8. The van der Waals surface area contributed by atoms with Crippen LogP contribution >= 0.6 is 0 Å². The van der Waals surface area contributed by atoms with E-state index >= 15 is 0 Å². The molecule has 0 fully saturated rings. The second-order valence-corrected chi connectivity index (χ2v) is 4.37. The molecule has 1 aromatic carbocycles. The molecule has 0 atom stereocenters. The molecule has 0 bridgehead atoms. The van der Waals surface area contributed by atoms with Crippen LogP contribution in [0.1, 0.15) is 10.4 Å². The first-order valence-electron chi connectivity index (χ1n) is 6.22. The number of carbonyl (C=O) groups excluding carboxylic acids is 3. The number of esters is 1. The van der Waals surface area contributed by atoms with Crippen LogP contribution in [0.25, 0.3) is 0 Å². The molecule has 1 N–H and O–H groups in total. The molecule has 0 aliphatic heterocycles. The maximum absolute atomic E-state index is 11.7. The topological polar surface area (TPSA) is 84.9 Å². The highest BCUT2D eigenvalue weighted by molar-refractivity contribution is 5.92. The zero-order chi connectivity index (χ0) is 15.8. The normalized spacial score (nSPS) is 9.67. The summed E-state index contributed by atoms with van der Waals surface area (Å²) in [5.74, 6) is -0.905. The van der Waals surface area contributed by atoms with Crippen LogP contribution in [-0.4, -0.2) is 57.0 Å². The molecular formula is C14H18N2O5. The average molecular weight is 294 g/mol. The van der Waals surface area contributed by atoms with Crippen LogP contribution in [0.15, 0.2) is 24.3 Å².